The fourth-order valence-corrected chi connectivity index (χ4v) is 4.63. The number of carbonyl (C=O) groups excluding carboxylic acids is 1. The lowest BCUT2D eigenvalue weighted by Gasteiger charge is -2.35. The molecule has 2 aromatic rings. The Hall–Kier alpha value is -2.05. The van der Waals surface area contributed by atoms with Crippen LogP contribution in [0.25, 0.3) is 0 Å². The van der Waals surface area contributed by atoms with Gasteiger partial charge in [0.1, 0.15) is 5.75 Å². The summed E-state index contributed by atoms with van der Waals surface area (Å²) in [5.41, 5.74) is 0.722. The van der Waals surface area contributed by atoms with Crippen LogP contribution in [-0.2, 0) is 10.0 Å². The van der Waals surface area contributed by atoms with E-state index in [2.05, 4.69) is 0 Å². The molecular formula is C17H16ClNO4S. The quantitative estimate of drug-likeness (QED) is 0.834. The monoisotopic (exact) mass is 365 g/mol. The first kappa shape index (κ1) is 16.8. The highest BCUT2D eigenvalue weighted by Gasteiger charge is 2.37. The minimum atomic E-state index is -3.82. The first-order valence-corrected chi connectivity index (χ1v) is 9.17. The van der Waals surface area contributed by atoms with Gasteiger partial charge in [0.05, 0.1) is 17.7 Å². The lowest BCUT2D eigenvalue weighted by molar-refractivity contribution is 0.0972. The normalized spacial score (nSPS) is 17.5. The molecule has 24 heavy (non-hydrogen) atoms. The number of fused-ring (bicyclic) bond motifs is 1. The van der Waals surface area contributed by atoms with Crippen molar-refractivity contribution in [1.29, 1.82) is 0 Å². The van der Waals surface area contributed by atoms with Crippen LogP contribution in [0.15, 0.2) is 47.4 Å². The largest absolute Gasteiger partial charge is 0.497 e. The third-order valence-corrected chi connectivity index (χ3v) is 6.19. The van der Waals surface area contributed by atoms with E-state index in [0.29, 0.717) is 22.0 Å². The zero-order chi connectivity index (χ0) is 17.5. The highest BCUT2D eigenvalue weighted by Crippen LogP contribution is 2.37. The van der Waals surface area contributed by atoms with E-state index in [-0.39, 0.29) is 17.1 Å². The topological polar surface area (TPSA) is 63.7 Å². The van der Waals surface area contributed by atoms with Crippen molar-refractivity contribution in [1.82, 2.24) is 0 Å². The molecule has 1 heterocycles. The van der Waals surface area contributed by atoms with Crippen molar-refractivity contribution in [3.63, 3.8) is 0 Å². The van der Waals surface area contributed by atoms with E-state index in [1.165, 1.54) is 35.7 Å². The Morgan fingerprint density at radius 2 is 1.83 bits per heavy atom. The maximum absolute atomic E-state index is 13.1. The molecule has 0 saturated heterocycles. The Balaban J connectivity index is 2.18. The number of ether oxygens (including phenoxy) is 1. The molecule has 0 fully saturated rings. The van der Waals surface area contributed by atoms with E-state index in [1.807, 2.05) is 0 Å². The number of hydrogen-bond donors (Lipinski definition) is 0. The first-order chi connectivity index (χ1) is 11.3. The summed E-state index contributed by atoms with van der Waals surface area (Å²) >= 11 is 5.85. The molecular weight excluding hydrogens is 350 g/mol. The van der Waals surface area contributed by atoms with Crippen molar-refractivity contribution >= 4 is 33.1 Å². The number of sulfonamides is 1. The predicted molar refractivity (Wildman–Crippen MR) is 92.5 cm³/mol. The molecule has 0 bridgehead atoms. The van der Waals surface area contributed by atoms with Gasteiger partial charge in [0, 0.05) is 29.1 Å². The maximum Gasteiger partial charge on any atom is 0.264 e. The fourth-order valence-electron chi connectivity index (χ4n) is 2.84. The van der Waals surface area contributed by atoms with E-state index < -0.39 is 16.1 Å². The highest BCUT2D eigenvalue weighted by atomic mass is 35.5. The van der Waals surface area contributed by atoms with E-state index in [1.54, 1.807) is 25.1 Å². The number of anilines is 1. The van der Waals surface area contributed by atoms with Crippen LogP contribution < -0.4 is 9.04 Å². The van der Waals surface area contributed by atoms with E-state index in [9.17, 15) is 13.2 Å². The first-order valence-electron chi connectivity index (χ1n) is 7.36. The van der Waals surface area contributed by atoms with Crippen LogP contribution in [0.2, 0.25) is 5.02 Å². The molecule has 1 unspecified atom stereocenters. The van der Waals surface area contributed by atoms with Crippen molar-refractivity contribution in [3.8, 4) is 5.75 Å². The van der Waals surface area contributed by atoms with Crippen LogP contribution in [0.4, 0.5) is 5.69 Å². The van der Waals surface area contributed by atoms with Gasteiger partial charge in [-0.2, -0.15) is 0 Å². The minimum Gasteiger partial charge on any atom is -0.497 e. The lowest BCUT2D eigenvalue weighted by Crippen LogP contribution is -2.43. The summed E-state index contributed by atoms with van der Waals surface area (Å²) in [5.74, 6) is 0.412. The molecule has 7 heteroatoms. The second-order valence-corrected chi connectivity index (χ2v) is 7.87. The van der Waals surface area contributed by atoms with Gasteiger partial charge in [0.2, 0.25) is 0 Å². The zero-order valence-corrected chi connectivity index (χ0v) is 14.8. The number of Topliss-reactive ketones (excluding diaryl/α,β-unsaturated/α-hetero) is 1. The lowest BCUT2D eigenvalue weighted by atomic mass is 9.97. The van der Waals surface area contributed by atoms with Gasteiger partial charge in [-0.25, -0.2) is 8.42 Å². The van der Waals surface area contributed by atoms with Crippen molar-refractivity contribution in [2.45, 2.75) is 24.3 Å². The second kappa shape index (κ2) is 6.11. The summed E-state index contributed by atoms with van der Waals surface area (Å²) in [5, 5.41) is 0.456. The van der Waals surface area contributed by atoms with Crippen LogP contribution in [-0.4, -0.2) is 27.4 Å². The van der Waals surface area contributed by atoms with E-state index >= 15 is 0 Å². The average Bonchev–Trinajstić information content (AvgIpc) is 2.54. The zero-order valence-electron chi connectivity index (χ0n) is 13.2. The van der Waals surface area contributed by atoms with Crippen LogP contribution in [0.3, 0.4) is 0 Å². The van der Waals surface area contributed by atoms with Gasteiger partial charge >= 0.3 is 0 Å². The summed E-state index contributed by atoms with van der Waals surface area (Å²) in [6, 6.07) is 10.3. The molecule has 0 aromatic heterocycles. The van der Waals surface area contributed by atoms with E-state index in [0.717, 1.165) is 0 Å². The molecule has 0 amide bonds. The molecule has 1 aliphatic rings. The molecule has 0 saturated carbocycles. The fraction of sp³-hybridized carbons (Fsp3) is 0.235. The van der Waals surface area contributed by atoms with E-state index in [4.69, 9.17) is 16.3 Å². The number of hydrogen-bond acceptors (Lipinski definition) is 4. The highest BCUT2D eigenvalue weighted by molar-refractivity contribution is 7.92. The van der Waals surface area contributed by atoms with Gasteiger partial charge in [0.25, 0.3) is 10.0 Å². The number of carbonyl (C=O) groups is 1. The number of halogens is 1. The van der Waals surface area contributed by atoms with Gasteiger partial charge in [-0.3, -0.25) is 9.10 Å². The molecule has 0 radical (unpaired) electrons. The summed E-state index contributed by atoms with van der Waals surface area (Å²) in [4.78, 5) is 12.4. The third kappa shape index (κ3) is 2.76. The minimum absolute atomic E-state index is 0.0808. The Morgan fingerprint density at radius 3 is 2.46 bits per heavy atom. The summed E-state index contributed by atoms with van der Waals surface area (Å²) in [7, 11) is -2.33. The van der Waals surface area contributed by atoms with Gasteiger partial charge in [-0.15, -0.1) is 0 Å². The number of methoxy groups -OCH3 is 1. The summed E-state index contributed by atoms with van der Waals surface area (Å²) < 4.78 is 32.7. The van der Waals surface area contributed by atoms with Crippen molar-refractivity contribution in [2.24, 2.45) is 0 Å². The molecule has 1 atom stereocenters. The molecule has 2 aromatic carbocycles. The Labute approximate surface area is 145 Å². The number of nitrogens with zero attached hydrogens (tertiary/aromatic N) is 1. The molecule has 126 valence electrons. The van der Waals surface area contributed by atoms with Gasteiger partial charge < -0.3 is 4.74 Å². The predicted octanol–water partition coefficient (Wildman–Crippen LogP) is 3.52. The molecule has 0 spiro atoms. The van der Waals surface area contributed by atoms with Crippen LogP contribution in [0.5, 0.6) is 5.75 Å². The van der Waals surface area contributed by atoms with Crippen molar-refractivity contribution in [2.75, 3.05) is 11.4 Å². The SMILES string of the molecule is COc1ccc2c(c1)N(S(=O)(=O)c1ccc(Cl)cc1)C(C)CC2=O. The second-order valence-electron chi connectivity index (χ2n) is 5.61. The number of ketones is 1. The summed E-state index contributed by atoms with van der Waals surface area (Å²) in [6.07, 6.45) is 0.131. The van der Waals surface area contributed by atoms with Crippen molar-refractivity contribution < 1.29 is 17.9 Å². The van der Waals surface area contributed by atoms with Gasteiger partial charge in [-0.05, 0) is 43.3 Å². The van der Waals surface area contributed by atoms with Crippen LogP contribution in [0.1, 0.15) is 23.7 Å². The van der Waals surface area contributed by atoms with Crippen LogP contribution in [0, 0.1) is 0 Å². The number of benzene rings is 2. The van der Waals surface area contributed by atoms with Gasteiger partial charge in [-0.1, -0.05) is 11.6 Å². The Morgan fingerprint density at radius 1 is 1.17 bits per heavy atom. The molecule has 0 aliphatic carbocycles. The Kier molecular flexibility index (Phi) is 4.27. The third-order valence-electron chi connectivity index (χ3n) is 3.99. The maximum atomic E-state index is 13.1. The standard InChI is InChI=1S/C17H16ClNO4S/c1-11-9-17(20)15-8-5-13(23-2)10-16(15)19(11)24(21,22)14-6-3-12(18)4-7-14/h3-8,10-11H,9H2,1-2H3. The molecule has 5 nitrogen and oxygen atoms in total. The molecule has 1 aliphatic heterocycles. The van der Waals surface area contributed by atoms with Crippen LogP contribution >= 0.6 is 11.6 Å². The Bertz CT molecular complexity index is 893. The smallest absolute Gasteiger partial charge is 0.264 e. The van der Waals surface area contributed by atoms with Gasteiger partial charge in [0.15, 0.2) is 5.78 Å². The number of rotatable bonds is 3. The molecule has 0 N–H and O–H groups in total. The average molecular weight is 366 g/mol. The van der Waals surface area contributed by atoms with Crippen molar-refractivity contribution in [3.05, 3.63) is 53.1 Å². The molecule has 3 rings (SSSR count). The summed E-state index contributed by atoms with van der Waals surface area (Å²) in [6.45, 7) is 1.72.